The summed E-state index contributed by atoms with van der Waals surface area (Å²) in [6.07, 6.45) is 0.517. The van der Waals surface area contributed by atoms with Gasteiger partial charge in [-0.05, 0) is 57.4 Å². The highest BCUT2D eigenvalue weighted by molar-refractivity contribution is 5.70. The number of fused-ring (bicyclic) bond motifs is 2. The van der Waals surface area contributed by atoms with Crippen molar-refractivity contribution in [3.63, 3.8) is 0 Å². The predicted octanol–water partition coefficient (Wildman–Crippen LogP) is 2.65. The minimum atomic E-state index is -0.558. The molecule has 3 rings (SSSR count). The molecule has 2 atom stereocenters. The van der Waals surface area contributed by atoms with E-state index >= 15 is 0 Å². The lowest BCUT2D eigenvalue weighted by Gasteiger charge is -2.40. The number of hydrogen-bond donors (Lipinski definition) is 1. The summed E-state index contributed by atoms with van der Waals surface area (Å²) < 4.78 is 5.59. The molecule has 24 heavy (non-hydrogen) atoms. The number of nitro benzene ring substituents is 1. The van der Waals surface area contributed by atoms with E-state index in [4.69, 9.17) is 4.74 Å². The number of amides is 1. The Bertz CT molecular complexity index is 653. The molecule has 2 heterocycles. The van der Waals surface area contributed by atoms with Crippen LogP contribution in [0.25, 0.3) is 0 Å². The number of carbonyl (C=O) groups is 1. The van der Waals surface area contributed by atoms with Crippen molar-refractivity contribution in [2.24, 2.45) is 5.92 Å². The molecule has 2 saturated heterocycles. The molecule has 2 fully saturated rings. The maximum atomic E-state index is 12.7. The van der Waals surface area contributed by atoms with E-state index in [9.17, 15) is 14.9 Å². The highest BCUT2D eigenvalue weighted by Gasteiger charge is 2.52. The smallest absolute Gasteiger partial charge is 0.411 e. The molecule has 0 radical (unpaired) electrons. The third-order valence-corrected chi connectivity index (χ3v) is 4.66. The zero-order chi connectivity index (χ0) is 17.5. The molecule has 1 N–H and O–H groups in total. The van der Waals surface area contributed by atoms with Crippen LogP contribution in [0.2, 0.25) is 0 Å². The monoisotopic (exact) mass is 333 g/mol. The number of nitrogens with one attached hydrogen (secondary N) is 1. The van der Waals surface area contributed by atoms with Crippen molar-refractivity contribution in [1.29, 1.82) is 0 Å². The first kappa shape index (κ1) is 16.7. The first-order valence-electron chi connectivity index (χ1n) is 8.17. The van der Waals surface area contributed by atoms with E-state index in [-0.39, 0.29) is 11.8 Å². The fourth-order valence-corrected chi connectivity index (χ4v) is 3.71. The molecule has 0 aromatic heterocycles. The van der Waals surface area contributed by atoms with Crippen molar-refractivity contribution in [1.82, 2.24) is 10.2 Å². The average Bonchev–Trinajstić information content (AvgIpc) is 2.77. The predicted molar refractivity (Wildman–Crippen MR) is 88.7 cm³/mol. The van der Waals surface area contributed by atoms with Gasteiger partial charge in [-0.25, -0.2) is 4.79 Å². The van der Waals surface area contributed by atoms with E-state index in [1.807, 2.05) is 20.8 Å². The molecule has 130 valence electrons. The lowest BCUT2D eigenvalue weighted by atomic mass is 9.82. The lowest BCUT2D eigenvalue weighted by molar-refractivity contribution is -0.384. The minimum absolute atomic E-state index is 0.0530. The van der Waals surface area contributed by atoms with Gasteiger partial charge in [-0.1, -0.05) is 0 Å². The van der Waals surface area contributed by atoms with Gasteiger partial charge in [0.25, 0.3) is 5.69 Å². The van der Waals surface area contributed by atoms with Gasteiger partial charge in [0, 0.05) is 25.2 Å². The summed E-state index contributed by atoms with van der Waals surface area (Å²) in [5.41, 5.74) is -0.0935. The maximum Gasteiger partial charge on any atom is 0.411 e. The van der Waals surface area contributed by atoms with Gasteiger partial charge in [-0.2, -0.15) is 0 Å². The SMILES string of the molecule is CC(C)(C)OC(=O)N1CC2CNCC1(c1ccc([N+](=O)[O-])cc1)C2. The normalized spacial score (nSPS) is 26.3. The summed E-state index contributed by atoms with van der Waals surface area (Å²) in [7, 11) is 0. The minimum Gasteiger partial charge on any atom is -0.444 e. The Balaban J connectivity index is 1.94. The second kappa shape index (κ2) is 5.73. The molecule has 1 aromatic carbocycles. The zero-order valence-electron chi connectivity index (χ0n) is 14.2. The summed E-state index contributed by atoms with van der Waals surface area (Å²) in [5, 5.41) is 14.3. The Morgan fingerprint density at radius 3 is 2.62 bits per heavy atom. The largest absolute Gasteiger partial charge is 0.444 e. The first-order chi connectivity index (χ1) is 11.2. The second-order valence-electron chi connectivity index (χ2n) is 7.63. The topological polar surface area (TPSA) is 84.7 Å². The van der Waals surface area contributed by atoms with E-state index in [0.29, 0.717) is 19.0 Å². The number of likely N-dealkylation sites (tertiary alicyclic amines) is 1. The molecular weight excluding hydrogens is 310 g/mol. The van der Waals surface area contributed by atoms with E-state index in [1.165, 1.54) is 12.1 Å². The number of rotatable bonds is 2. The molecule has 0 aliphatic carbocycles. The van der Waals surface area contributed by atoms with E-state index in [0.717, 1.165) is 18.5 Å². The summed E-state index contributed by atoms with van der Waals surface area (Å²) in [6, 6.07) is 6.51. The lowest BCUT2D eigenvalue weighted by Crippen LogP contribution is -2.52. The molecule has 7 heteroatoms. The number of carbonyl (C=O) groups excluding carboxylic acids is 1. The van der Waals surface area contributed by atoms with Crippen LogP contribution >= 0.6 is 0 Å². The zero-order valence-corrected chi connectivity index (χ0v) is 14.2. The van der Waals surface area contributed by atoms with E-state index < -0.39 is 16.1 Å². The Kier molecular flexibility index (Phi) is 3.99. The van der Waals surface area contributed by atoms with Gasteiger partial charge in [0.05, 0.1) is 10.5 Å². The summed E-state index contributed by atoms with van der Waals surface area (Å²) in [6.45, 7) is 7.69. The van der Waals surface area contributed by atoms with Gasteiger partial charge >= 0.3 is 6.09 Å². The van der Waals surface area contributed by atoms with Gasteiger partial charge in [0.1, 0.15) is 5.60 Å². The van der Waals surface area contributed by atoms with Crippen molar-refractivity contribution >= 4 is 11.8 Å². The highest BCUT2D eigenvalue weighted by Crippen LogP contribution is 2.44. The van der Waals surface area contributed by atoms with Crippen LogP contribution in [0, 0.1) is 16.0 Å². The fraction of sp³-hybridized carbons (Fsp3) is 0.588. The van der Waals surface area contributed by atoms with Gasteiger partial charge in [-0.15, -0.1) is 0 Å². The number of non-ortho nitro benzene ring substituents is 1. The Labute approximate surface area is 141 Å². The first-order valence-corrected chi connectivity index (χ1v) is 8.17. The third-order valence-electron chi connectivity index (χ3n) is 4.66. The van der Waals surface area contributed by atoms with Crippen molar-refractivity contribution in [3.05, 3.63) is 39.9 Å². The highest BCUT2D eigenvalue weighted by atomic mass is 16.6. The van der Waals surface area contributed by atoms with Crippen molar-refractivity contribution in [2.75, 3.05) is 19.6 Å². The Hall–Kier alpha value is -2.15. The van der Waals surface area contributed by atoms with Crippen LogP contribution in [0.5, 0.6) is 0 Å². The Morgan fingerprint density at radius 2 is 2.04 bits per heavy atom. The van der Waals surface area contributed by atoms with Crippen LogP contribution in [-0.4, -0.2) is 41.2 Å². The standard InChI is InChI=1S/C17H23N3O4/c1-16(2,3)24-15(21)19-10-12-8-17(19,11-18-9-12)13-4-6-14(7-5-13)20(22)23/h4-7,12,18H,8-11H2,1-3H3. The van der Waals surface area contributed by atoms with Gasteiger partial charge in [-0.3, -0.25) is 15.0 Å². The summed E-state index contributed by atoms with van der Waals surface area (Å²) in [4.78, 5) is 25.0. The molecule has 7 nitrogen and oxygen atoms in total. The van der Waals surface area contributed by atoms with Gasteiger partial charge in [0.2, 0.25) is 0 Å². The molecule has 1 aromatic rings. The van der Waals surface area contributed by atoms with Crippen LogP contribution in [-0.2, 0) is 10.3 Å². The summed E-state index contributed by atoms with van der Waals surface area (Å²) in [5.74, 6) is 0.362. The number of hydrogen-bond acceptors (Lipinski definition) is 5. The van der Waals surface area contributed by atoms with Crippen molar-refractivity contribution < 1.29 is 14.5 Å². The maximum absolute atomic E-state index is 12.7. The van der Waals surface area contributed by atoms with E-state index in [1.54, 1.807) is 17.0 Å². The number of ether oxygens (including phenoxy) is 1. The third kappa shape index (κ3) is 2.96. The van der Waals surface area contributed by atoms with Crippen molar-refractivity contribution in [3.8, 4) is 0 Å². The number of nitrogens with zero attached hydrogens (tertiary/aromatic N) is 2. The molecule has 2 aliphatic heterocycles. The number of nitro groups is 1. The Morgan fingerprint density at radius 1 is 1.38 bits per heavy atom. The van der Waals surface area contributed by atoms with Gasteiger partial charge < -0.3 is 10.1 Å². The summed E-state index contributed by atoms with van der Waals surface area (Å²) >= 11 is 0. The van der Waals surface area contributed by atoms with Crippen LogP contribution in [0.3, 0.4) is 0 Å². The van der Waals surface area contributed by atoms with Crippen LogP contribution in [0.4, 0.5) is 10.5 Å². The van der Waals surface area contributed by atoms with Gasteiger partial charge in [0.15, 0.2) is 0 Å². The fourth-order valence-electron chi connectivity index (χ4n) is 3.71. The molecule has 0 spiro atoms. The van der Waals surface area contributed by atoms with Crippen molar-refractivity contribution in [2.45, 2.75) is 38.3 Å². The molecule has 0 saturated carbocycles. The quantitative estimate of drug-likeness (QED) is 0.664. The molecule has 2 aliphatic rings. The van der Waals surface area contributed by atoms with E-state index in [2.05, 4.69) is 5.32 Å². The van der Waals surface area contributed by atoms with Crippen LogP contribution < -0.4 is 5.32 Å². The molecule has 1 amide bonds. The number of piperidine rings is 1. The molecular formula is C17H23N3O4. The average molecular weight is 333 g/mol. The molecule has 2 unspecified atom stereocenters. The van der Waals surface area contributed by atoms with Crippen LogP contribution in [0.15, 0.2) is 24.3 Å². The molecule has 2 bridgehead atoms. The van der Waals surface area contributed by atoms with Crippen LogP contribution in [0.1, 0.15) is 32.8 Å². The number of benzene rings is 1. The second-order valence-corrected chi connectivity index (χ2v) is 7.63.